The van der Waals surface area contributed by atoms with Gasteiger partial charge >= 0.3 is 0 Å². The molecule has 1 saturated heterocycles. The second-order valence-electron chi connectivity index (χ2n) is 7.53. The Balaban J connectivity index is 1.51. The zero-order valence-electron chi connectivity index (χ0n) is 15.9. The van der Waals surface area contributed by atoms with Crippen molar-refractivity contribution in [1.82, 2.24) is 15.4 Å². The van der Waals surface area contributed by atoms with Crippen molar-refractivity contribution in [2.24, 2.45) is 5.92 Å². The molecule has 0 bridgehead atoms. The highest BCUT2D eigenvalue weighted by atomic mass is 16.5. The van der Waals surface area contributed by atoms with E-state index >= 15 is 0 Å². The molecule has 0 spiro atoms. The summed E-state index contributed by atoms with van der Waals surface area (Å²) in [5.41, 5.74) is 1.94. The first-order chi connectivity index (χ1) is 12.5. The van der Waals surface area contributed by atoms with Crippen LogP contribution in [0.4, 0.5) is 0 Å². The maximum atomic E-state index is 12.4. The van der Waals surface area contributed by atoms with Gasteiger partial charge in [0.2, 0.25) is 5.76 Å². The highest BCUT2D eigenvalue weighted by Gasteiger charge is 2.22. The van der Waals surface area contributed by atoms with Gasteiger partial charge in [-0.15, -0.1) is 0 Å². The summed E-state index contributed by atoms with van der Waals surface area (Å²) >= 11 is 0. The van der Waals surface area contributed by atoms with Gasteiger partial charge in [-0.2, -0.15) is 0 Å². The first-order valence-corrected chi connectivity index (χ1v) is 9.58. The number of hydrogen-bond donors (Lipinski definition) is 1. The molecule has 1 amide bonds. The number of carbonyl (C=O) groups is 1. The molecule has 1 aliphatic rings. The van der Waals surface area contributed by atoms with Gasteiger partial charge in [0.05, 0.1) is 5.69 Å². The van der Waals surface area contributed by atoms with Crippen LogP contribution >= 0.6 is 0 Å². The van der Waals surface area contributed by atoms with E-state index in [0.29, 0.717) is 24.3 Å². The molecule has 0 aliphatic carbocycles. The minimum absolute atomic E-state index is 0.0989. The molecule has 3 rings (SSSR count). The lowest BCUT2D eigenvalue weighted by molar-refractivity contribution is 0.0893. The van der Waals surface area contributed by atoms with Crippen molar-refractivity contribution in [3.63, 3.8) is 0 Å². The van der Waals surface area contributed by atoms with E-state index in [-0.39, 0.29) is 11.8 Å². The van der Waals surface area contributed by atoms with Crippen molar-refractivity contribution in [2.45, 2.75) is 45.6 Å². The average molecular weight is 355 g/mol. The summed E-state index contributed by atoms with van der Waals surface area (Å²) in [4.78, 5) is 14.9. The number of nitrogens with zero attached hydrogens (tertiary/aromatic N) is 2. The van der Waals surface area contributed by atoms with Crippen LogP contribution < -0.4 is 5.32 Å². The number of amides is 1. The number of aromatic nitrogens is 1. The van der Waals surface area contributed by atoms with Crippen molar-refractivity contribution in [1.29, 1.82) is 0 Å². The number of likely N-dealkylation sites (tertiary alicyclic amines) is 1. The van der Waals surface area contributed by atoms with Crippen LogP contribution in [0.1, 0.15) is 61.3 Å². The molecule has 0 radical (unpaired) electrons. The highest BCUT2D eigenvalue weighted by molar-refractivity contribution is 5.91. The van der Waals surface area contributed by atoms with Crippen molar-refractivity contribution >= 4 is 5.91 Å². The van der Waals surface area contributed by atoms with Crippen molar-refractivity contribution in [2.75, 3.05) is 19.6 Å². The predicted molar refractivity (Wildman–Crippen MR) is 102 cm³/mol. The highest BCUT2D eigenvalue weighted by Crippen LogP contribution is 2.23. The van der Waals surface area contributed by atoms with Gasteiger partial charge in [-0.05, 0) is 51.3 Å². The molecule has 2 aromatic rings. The molecule has 0 saturated carbocycles. The van der Waals surface area contributed by atoms with Crippen LogP contribution in [-0.4, -0.2) is 41.6 Å². The molecule has 140 valence electrons. The molecule has 2 heterocycles. The van der Waals surface area contributed by atoms with Crippen LogP contribution in [0.15, 0.2) is 40.9 Å². The van der Waals surface area contributed by atoms with E-state index in [4.69, 9.17) is 4.52 Å². The fraction of sp³-hybridized carbons (Fsp3) is 0.524. The monoisotopic (exact) mass is 355 g/mol. The normalized spacial score (nSPS) is 17.4. The van der Waals surface area contributed by atoms with Gasteiger partial charge in [-0.1, -0.05) is 42.4 Å². The zero-order valence-corrected chi connectivity index (χ0v) is 15.9. The second kappa shape index (κ2) is 8.49. The topological polar surface area (TPSA) is 58.4 Å². The summed E-state index contributed by atoms with van der Waals surface area (Å²) in [5, 5.41) is 7.11. The van der Waals surface area contributed by atoms with Gasteiger partial charge < -0.3 is 14.7 Å². The van der Waals surface area contributed by atoms with Crippen molar-refractivity contribution < 1.29 is 9.32 Å². The van der Waals surface area contributed by atoms with E-state index in [9.17, 15) is 4.79 Å². The van der Waals surface area contributed by atoms with Gasteiger partial charge in [0.25, 0.3) is 5.91 Å². The standard InChI is InChI=1S/C21H29N3O2/c1-15(2)24-11-9-17(10-12-24)14-22-21(25)20-13-19(23-26-20)16(3)18-7-5-4-6-8-18/h4-8,13,15-17H,9-12,14H2,1-3H3,(H,22,25)/t16-/m0/s1. The summed E-state index contributed by atoms with van der Waals surface area (Å²) in [7, 11) is 0. The Labute approximate surface area is 155 Å². The molecule has 0 unspecified atom stereocenters. The molecule has 1 aliphatic heterocycles. The first kappa shape index (κ1) is 18.6. The summed E-state index contributed by atoms with van der Waals surface area (Å²) in [6.45, 7) is 9.46. The van der Waals surface area contributed by atoms with Crippen LogP contribution in [0.5, 0.6) is 0 Å². The maximum Gasteiger partial charge on any atom is 0.289 e. The quantitative estimate of drug-likeness (QED) is 0.859. The van der Waals surface area contributed by atoms with Crippen LogP contribution in [-0.2, 0) is 0 Å². The lowest BCUT2D eigenvalue weighted by Gasteiger charge is -2.34. The molecule has 5 heteroatoms. The molecular formula is C21H29N3O2. The SMILES string of the molecule is CC(C)N1CCC(CNC(=O)c2cc([C@@H](C)c3ccccc3)no2)CC1. The molecule has 26 heavy (non-hydrogen) atoms. The third kappa shape index (κ3) is 4.52. The van der Waals surface area contributed by atoms with Crippen LogP contribution in [0.3, 0.4) is 0 Å². The van der Waals surface area contributed by atoms with E-state index in [2.05, 4.69) is 48.3 Å². The first-order valence-electron chi connectivity index (χ1n) is 9.58. The lowest BCUT2D eigenvalue weighted by Crippen LogP contribution is -2.41. The summed E-state index contributed by atoms with van der Waals surface area (Å²) < 4.78 is 5.29. The fourth-order valence-electron chi connectivity index (χ4n) is 3.51. The minimum Gasteiger partial charge on any atom is -0.351 e. The number of benzene rings is 1. The van der Waals surface area contributed by atoms with Crippen LogP contribution in [0.25, 0.3) is 0 Å². The van der Waals surface area contributed by atoms with Crippen molar-refractivity contribution in [3.05, 3.63) is 53.4 Å². The molecule has 1 atom stereocenters. The Kier molecular flexibility index (Phi) is 6.09. The predicted octanol–water partition coefficient (Wildman–Crippen LogP) is 3.68. The number of carbonyl (C=O) groups excluding carboxylic acids is 1. The van der Waals surface area contributed by atoms with E-state index in [1.807, 2.05) is 18.2 Å². The average Bonchev–Trinajstić information content (AvgIpc) is 3.17. The Hall–Kier alpha value is -2.14. The third-order valence-electron chi connectivity index (χ3n) is 5.43. The largest absolute Gasteiger partial charge is 0.351 e. The number of nitrogens with one attached hydrogen (secondary N) is 1. The Bertz CT molecular complexity index is 703. The molecular weight excluding hydrogens is 326 g/mol. The Morgan fingerprint density at radius 2 is 1.92 bits per heavy atom. The zero-order chi connectivity index (χ0) is 18.5. The smallest absolute Gasteiger partial charge is 0.289 e. The molecule has 1 fully saturated rings. The molecule has 1 aromatic heterocycles. The number of hydrogen-bond acceptors (Lipinski definition) is 4. The maximum absolute atomic E-state index is 12.4. The summed E-state index contributed by atoms with van der Waals surface area (Å²) in [6, 6.07) is 12.5. The fourth-order valence-corrected chi connectivity index (χ4v) is 3.51. The van der Waals surface area contributed by atoms with Crippen molar-refractivity contribution in [3.8, 4) is 0 Å². The molecule has 1 aromatic carbocycles. The summed E-state index contributed by atoms with van der Waals surface area (Å²) in [6.07, 6.45) is 2.26. The Morgan fingerprint density at radius 3 is 2.58 bits per heavy atom. The third-order valence-corrected chi connectivity index (χ3v) is 5.43. The van der Waals surface area contributed by atoms with Gasteiger partial charge in [-0.25, -0.2) is 0 Å². The van der Waals surface area contributed by atoms with E-state index in [1.54, 1.807) is 6.07 Å². The second-order valence-corrected chi connectivity index (χ2v) is 7.53. The van der Waals surface area contributed by atoms with E-state index in [0.717, 1.165) is 37.2 Å². The molecule has 1 N–H and O–H groups in total. The van der Waals surface area contributed by atoms with Crippen LogP contribution in [0.2, 0.25) is 0 Å². The summed E-state index contributed by atoms with van der Waals surface area (Å²) in [5.74, 6) is 0.763. The van der Waals surface area contributed by atoms with E-state index < -0.39 is 0 Å². The van der Waals surface area contributed by atoms with Gasteiger partial charge in [0.15, 0.2) is 0 Å². The van der Waals surface area contributed by atoms with Crippen LogP contribution in [0, 0.1) is 5.92 Å². The lowest BCUT2D eigenvalue weighted by atomic mass is 9.96. The minimum atomic E-state index is -0.171. The molecule has 5 nitrogen and oxygen atoms in total. The Morgan fingerprint density at radius 1 is 1.23 bits per heavy atom. The van der Waals surface area contributed by atoms with E-state index in [1.165, 1.54) is 0 Å². The van der Waals surface area contributed by atoms with Gasteiger partial charge in [0.1, 0.15) is 0 Å². The number of piperidine rings is 1. The van der Waals surface area contributed by atoms with Gasteiger partial charge in [0, 0.05) is 24.6 Å². The number of rotatable bonds is 6. The van der Waals surface area contributed by atoms with Gasteiger partial charge in [-0.3, -0.25) is 4.79 Å².